The van der Waals surface area contributed by atoms with Crippen molar-refractivity contribution in [2.24, 2.45) is 5.92 Å². The number of likely N-dealkylation sites (tertiary alicyclic amines) is 1. The Labute approximate surface area is 179 Å². The average Bonchev–Trinajstić information content (AvgIpc) is 2.77. The zero-order chi connectivity index (χ0) is 21.5. The van der Waals surface area contributed by atoms with E-state index in [1.165, 1.54) is 24.3 Å². The molecule has 1 aliphatic heterocycles. The van der Waals surface area contributed by atoms with Crippen molar-refractivity contribution in [1.29, 1.82) is 0 Å². The molecule has 0 spiro atoms. The van der Waals surface area contributed by atoms with Crippen LogP contribution in [0.5, 0.6) is 0 Å². The van der Waals surface area contributed by atoms with Gasteiger partial charge in [-0.3, -0.25) is 14.4 Å². The quantitative estimate of drug-likeness (QED) is 0.690. The summed E-state index contributed by atoms with van der Waals surface area (Å²) in [5, 5.41) is 6.13. The molecule has 3 rings (SSSR count). The third-order valence-electron chi connectivity index (χ3n) is 5.06. The van der Waals surface area contributed by atoms with Crippen LogP contribution < -0.4 is 10.6 Å². The van der Waals surface area contributed by atoms with Crippen LogP contribution in [-0.4, -0.2) is 48.8 Å². The van der Waals surface area contributed by atoms with Crippen LogP contribution in [0.2, 0.25) is 5.02 Å². The fourth-order valence-electron chi connectivity index (χ4n) is 3.33. The van der Waals surface area contributed by atoms with Gasteiger partial charge in [-0.15, -0.1) is 0 Å². The predicted octanol–water partition coefficient (Wildman–Crippen LogP) is 2.88. The SMILES string of the molecule is O=C(NCCNC(=O)C1CCN(C(=O)c2ccc(F)cc2)CC1)c1ccc(Cl)cc1. The first-order valence-corrected chi connectivity index (χ1v) is 10.2. The molecule has 2 N–H and O–H groups in total. The minimum Gasteiger partial charge on any atom is -0.354 e. The van der Waals surface area contributed by atoms with E-state index < -0.39 is 0 Å². The fourth-order valence-corrected chi connectivity index (χ4v) is 3.46. The van der Waals surface area contributed by atoms with Gasteiger partial charge in [0.25, 0.3) is 11.8 Å². The van der Waals surface area contributed by atoms with Gasteiger partial charge in [-0.2, -0.15) is 0 Å². The number of halogens is 2. The Hall–Kier alpha value is -2.93. The molecule has 8 heteroatoms. The predicted molar refractivity (Wildman–Crippen MR) is 112 cm³/mol. The van der Waals surface area contributed by atoms with E-state index in [2.05, 4.69) is 10.6 Å². The molecule has 6 nitrogen and oxygen atoms in total. The summed E-state index contributed by atoms with van der Waals surface area (Å²) in [5.41, 5.74) is 0.944. The highest BCUT2D eigenvalue weighted by molar-refractivity contribution is 6.30. The van der Waals surface area contributed by atoms with Crippen LogP contribution in [0.4, 0.5) is 4.39 Å². The molecule has 0 radical (unpaired) electrons. The van der Waals surface area contributed by atoms with Crippen LogP contribution in [0.1, 0.15) is 33.6 Å². The fraction of sp³-hybridized carbons (Fsp3) is 0.318. The van der Waals surface area contributed by atoms with Gasteiger partial charge >= 0.3 is 0 Å². The Morgan fingerprint density at radius 3 is 2.10 bits per heavy atom. The van der Waals surface area contributed by atoms with Crippen LogP contribution in [0.15, 0.2) is 48.5 Å². The summed E-state index contributed by atoms with van der Waals surface area (Å²) >= 11 is 5.80. The van der Waals surface area contributed by atoms with Crippen molar-refractivity contribution < 1.29 is 18.8 Å². The van der Waals surface area contributed by atoms with E-state index >= 15 is 0 Å². The number of nitrogens with one attached hydrogen (secondary N) is 2. The van der Waals surface area contributed by atoms with Gasteiger partial charge in [0.1, 0.15) is 5.82 Å². The first kappa shape index (κ1) is 21.8. The van der Waals surface area contributed by atoms with Crippen molar-refractivity contribution >= 4 is 29.3 Å². The summed E-state index contributed by atoms with van der Waals surface area (Å²) in [6.45, 7) is 1.59. The molecule has 1 fully saturated rings. The summed E-state index contributed by atoms with van der Waals surface area (Å²) < 4.78 is 13.0. The number of piperidine rings is 1. The minimum atomic E-state index is -0.383. The maximum Gasteiger partial charge on any atom is 0.253 e. The van der Waals surface area contributed by atoms with E-state index in [1.807, 2.05) is 0 Å². The molecular weight excluding hydrogens is 409 g/mol. The molecule has 0 unspecified atom stereocenters. The number of rotatable bonds is 6. The third-order valence-corrected chi connectivity index (χ3v) is 5.31. The molecule has 2 aromatic rings. The van der Waals surface area contributed by atoms with Crippen LogP contribution in [-0.2, 0) is 4.79 Å². The maximum absolute atomic E-state index is 13.0. The molecule has 3 amide bonds. The smallest absolute Gasteiger partial charge is 0.253 e. The molecule has 30 heavy (non-hydrogen) atoms. The second kappa shape index (κ2) is 10.2. The van der Waals surface area contributed by atoms with Gasteiger partial charge in [-0.1, -0.05) is 11.6 Å². The van der Waals surface area contributed by atoms with Gasteiger partial charge < -0.3 is 15.5 Å². The van der Waals surface area contributed by atoms with E-state index in [1.54, 1.807) is 29.2 Å². The van der Waals surface area contributed by atoms with Crippen LogP contribution in [0.3, 0.4) is 0 Å². The molecule has 1 aliphatic rings. The molecule has 1 saturated heterocycles. The van der Waals surface area contributed by atoms with E-state index in [0.717, 1.165) is 0 Å². The summed E-state index contributed by atoms with van der Waals surface area (Å²) in [7, 11) is 0. The van der Waals surface area contributed by atoms with Crippen LogP contribution in [0.25, 0.3) is 0 Å². The first-order chi connectivity index (χ1) is 14.4. The van der Waals surface area contributed by atoms with Crippen molar-refractivity contribution in [1.82, 2.24) is 15.5 Å². The van der Waals surface area contributed by atoms with E-state index in [9.17, 15) is 18.8 Å². The Kier molecular flexibility index (Phi) is 7.41. The topological polar surface area (TPSA) is 78.5 Å². The highest BCUT2D eigenvalue weighted by Gasteiger charge is 2.27. The Morgan fingerprint density at radius 2 is 1.47 bits per heavy atom. The Morgan fingerprint density at radius 1 is 0.900 bits per heavy atom. The van der Waals surface area contributed by atoms with Crippen molar-refractivity contribution in [3.63, 3.8) is 0 Å². The Bertz CT molecular complexity index is 895. The number of benzene rings is 2. The lowest BCUT2D eigenvalue weighted by atomic mass is 9.95. The number of carbonyl (C=O) groups excluding carboxylic acids is 3. The minimum absolute atomic E-state index is 0.0791. The highest BCUT2D eigenvalue weighted by Crippen LogP contribution is 2.19. The van der Waals surface area contributed by atoms with Crippen molar-refractivity contribution in [3.05, 3.63) is 70.5 Å². The zero-order valence-corrected chi connectivity index (χ0v) is 17.1. The second-order valence-electron chi connectivity index (χ2n) is 7.13. The molecule has 0 bridgehead atoms. The van der Waals surface area contributed by atoms with Crippen molar-refractivity contribution in [3.8, 4) is 0 Å². The lowest BCUT2D eigenvalue weighted by Gasteiger charge is -2.31. The van der Waals surface area contributed by atoms with Gasteiger partial charge in [0, 0.05) is 48.2 Å². The van der Waals surface area contributed by atoms with Crippen LogP contribution >= 0.6 is 11.6 Å². The van der Waals surface area contributed by atoms with Gasteiger partial charge in [0.05, 0.1) is 0 Å². The molecule has 0 aliphatic carbocycles. The highest BCUT2D eigenvalue weighted by atomic mass is 35.5. The lowest BCUT2D eigenvalue weighted by Crippen LogP contribution is -2.44. The van der Waals surface area contributed by atoms with Crippen molar-refractivity contribution in [2.45, 2.75) is 12.8 Å². The monoisotopic (exact) mass is 431 g/mol. The van der Waals surface area contributed by atoms with E-state index in [0.29, 0.717) is 55.2 Å². The molecule has 1 heterocycles. The first-order valence-electron chi connectivity index (χ1n) is 9.80. The Balaban J connectivity index is 1.37. The number of hydrogen-bond acceptors (Lipinski definition) is 3. The van der Waals surface area contributed by atoms with Crippen LogP contribution in [0, 0.1) is 11.7 Å². The van der Waals surface area contributed by atoms with E-state index in [-0.39, 0.29) is 29.5 Å². The van der Waals surface area contributed by atoms with Gasteiger partial charge in [0.2, 0.25) is 5.91 Å². The van der Waals surface area contributed by atoms with Gasteiger partial charge in [-0.05, 0) is 61.4 Å². The average molecular weight is 432 g/mol. The molecule has 0 aromatic heterocycles. The van der Waals surface area contributed by atoms with E-state index in [4.69, 9.17) is 11.6 Å². The van der Waals surface area contributed by atoms with Gasteiger partial charge in [0.15, 0.2) is 0 Å². The van der Waals surface area contributed by atoms with Gasteiger partial charge in [-0.25, -0.2) is 4.39 Å². The summed E-state index contributed by atoms with van der Waals surface area (Å²) in [5.74, 6) is -1.02. The summed E-state index contributed by atoms with van der Waals surface area (Å²) in [4.78, 5) is 38.5. The lowest BCUT2D eigenvalue weighted by molar-refractivity contribution is -0.126. The molecule has 0 saturated carbocycles. The molecular formula is C22H23ClFN3O3. The third kappa shape index (κ3) is 5.79. The zero-order valence-electron chi connectivity index (χ0n) is 16.4. The number of amides is 3. The second-order valence-corrected chi connectivity index (χ2v) is 7.56. The molecule has 2 aromatic carbocycles. The molecule has 158 valence electrons. The maximum atomic E-state index is 13.0. The van der Waals surface area contributed by atoms with Crippen molar-refractivity contribution in [2.75, 3.05) is 26.2 Å². The summed E-state index contributed by atoms with van der Waals surface area (Å²) in [6.07, 6.45) is 1.13. The number of carbonyl (C=O) groups is 3. The number of nitrogens with zero attached hydrogens (tertiary/aromatic N) is 1. The normalized spacial score (nSPS) is 14.3. The molecule has 0 atom stereocenters. The standard InChI is InChI=1S/C22H23ClFN3O3/c23-18-5-1-15(2-6-18)20(28)25-11-12-26-21(29)16-9-13-27(14-10-16)22(30)17-3-7-19(24)8-4-17/h1-8,16H,9-14H2,(H,25,28)(H,26,29). The summed E-state index contributed by atoms with van der Waals surface area (Å²) in [6, 6.07) is 12.0. The largest absolute Gasteiger partial charge is 0.354 e. The number of hydrogen-bond donors (Lipinski definition) is 2.